The van der Waals surface area contributed by atoms with Crippen molar-refractivity contribution in [3.8, 4) is 0 Å². The van der Waals surface area contributed by atoms with Gasteiger partial charge in [0.15, 0.2) is 0 Å². The van der Waals surface area contributed by atoms with Gasteiger partial charge >= 0.3 is 0 Å². The largest absolute Gasteiger partial charge is 0.263 e. The Kier molecular flexibility index (Phi) is 2.11. The van der Waals surface area contributed by atoms with Crippen molar-refractivity contribution >= 4 is 0 Å². The first kappa shape index (κ1) is 7.77. The topological polar surface area (TPSA) is 41.6 Å². The van der Waals surface area contributed by atoms with Crippen molar-refractivity contribution in [2.75, 3.05) is 0 Å². The van der Waals surface area contributed by atoms with E-state index in [-0.39, 0.29) is 0 Å². The summed E-state index contributed by atoms with van der Waals surface area (Å²) in [6, 6.07) is 0. The van der Waals surface area contributed by atoms with Crippen LogP contribution < -0.4 is 0 Å². The first-order valence-corrected chi connectivity index (χ1v) is 4.71. The number of hydrogen-bond donors (Lipinski definition) is 1. The summed E-state index contributed by atoms with van der Waals surface area (Å²) < 4.78 is 0. The standard InChI is InChI=1S/C9H15N3/c1-7-2-4-8(5-3-7)9-10-6-11-12-9/h6-8H,2-5H2,1H3,(H,10,11,12). The highest BCUT2D eigenvalue weighted by Gasteiger charge is 2.21. The van der Waals surface area contributed by atoms with E-state index < -0.39 is 0 Å². The second-order valence-electron chi connectivity index (χ2n) is 3.83. The molecule has 66 valence electrons. The minimum atomic E-state index is 0.642. The number of nitrogens with one attached hydrogen (secondary N) is 1. The molecule has 1 heterocycles. The fourth-order valence-electron chi connectivity index (χ4n) is 1.95. The molecule has 1 aliphatic rings. The van der Waals surface area contributed by atoms with Crippen LogP contribution in [0.25, 0.3) is 0 Å². The van der Waals surface area contributed by atoms with Crippen molar-refractivity contribution in [3.05, 3.63) is 12.2 Å². The van der Waals surface area contributed by atoms with E-state index >= 15 is 0 Å². The number of hydrogen-bond acceptors (Lipinski definition) is 2. The van der Waals surface area contributed by atoms with Gasteiger partial charge in [-0.2, -0.15) is 5.10 Å². The van der Waals surface area contributed by atoms with Crippen molar-refractivity contribution in [1.29, 1.82) is 0 Å². The molecule has 0 radical (unpaired) electrons. The fraction of sp³-hybridized carbons (Fsp3) is 0.778. The van der Waals surface area contributed by atoms with E-state index in [1.165, 1.54) is 25.7 Å². The number of H-pyrrole nitrogens is 1. The third-order valence-corrected chi connectivity index (χ3v) is 2.84. The molecule has 1 aromatic heterocycles. The van der Waals surface area contributed by atoms with E-state index in [0.29, 0.717) is 5.92 Å². The summed E-state index contributed by atoms with van der Waals surface area (Å²) in [5, 5.41) is 6.84. The van der Waals surface area contributed by atoms with Gasteiger partial charge in [-0.25, -0.2) is 4.98 Å². The molecule has 0 unspecified atom stereocenters. The maximum atomic E-state index is 4.20. The summed E-state index contributed by atoms with van der Waals surface area (Å²) in [7, 11) is 0. The van der Waals surface area contributed by atoms with Crippen LogP contribution in [-0.4, -0.2) is 15.2 Å². The van der Waals surface area contributed by atoms with Crippen LogP contribution in [-0.2, 0) is 0 Å². The molecule has 0 spiro atoms. The van der Waals surface area contributed by atoms with Gasteiger partial charge in [0.05, 0.1) is 0 Å². The van der Waals surface area contributed by atoms with Crippen molar-refractivity contribution < 1.29 is 0 Å². The normalized spacial score (nSPS) is 30.4. The third-order valence-electron chi connectivity index (χ3n) is 2.84. The maximum Gasteiger partial charge on any atom is 0.137 e. The monoisotopic (exact) mass is 165 g/mol. The molecule has 1 aromatic rings. The minimum absolute atomic E-state index is 0.642. The van der Waals surface area contributed by atoms with Crippen LogP contribution in [0.5, 0.6) is 0 Å². The van der Waals surface area contributed by atoms with Crippen LogP contribution in [0, 0.1) is 5.92 Å². The highest BCUT2D eigenvalue weighted by Crippen LogP contribution is 2.33. The first-order valence-electron chi connectivity index (χ1n) is 4.71. The van der Waals surface area contributed by atoms with Gasteiger partial charge in [0.2, 0.25) is 0 Å². The predicted octanol–water partition coefficient (Wildman–Crippen LogP) is 2.10. The second-order valence-corrected chi connectivity index (χ2v) is 3.83. The van der Waals surface area contributed by atoms with Crippen LogP contribution in [0.3, 0.4) is 0 Å². The molecule has 2 rings (SSSR count). The molecule has 0 amide bonds. The Labute approximate surface area is 72.6 Å². The Bertz CT molecular complexity index is 222. The van der Waals surface area contributed by atoms with E-state index in [1.54, 1.807) is 6.33 Å². The second kappa shape index (κ2) is 3.25. The molecule has 1 N–H and O–H groups in total. The fourth-order valence-corrected chi connectivity index (χ4v) is 1.95. The molecule has 0 bridgehead atoms. The molecule has 3 nitrogen and oxygen atoms in total. The van der Waals surface area contributed by atoms with Gasteiger partial charge in [0.25, 0.3) is 0 Å². The smallest absolute Gasteiger partial charge is 0.137 e. The highest BCUT2D eigenvalue weighted by molar-refractivity contribution is 4.94. The summed E-state index contributed by atoms with van der Waals surface area (Å²) in [4.78, 5) is 4.20. The summed E-state index contributed by atoms with van der Waals surface area (Å²) in [5.74, 6) is 2.63. The number of nitrogens with zero attached hydrogens (tertiary/aromatic N) is 2. The molecule has 0 saturated heterocycles. The van der Waals surface area contributed by atoms with E-state index in [9.17, 15) is 0 Å². The average molecular weight is 165 g/mol. The lowest BCUT2D eigenvalue weighted by atomic mass is 9.83. The van der Waals surface area contributed by atoms with Crippen LogP contribution >= 0.6 is 0 Å². The molecular weight excluding hydrogens is 150 g/mol. The van der Waals surface area contributed by atoms with Crippen molar-refractivity contribution in [2.24, 2.45) is 5.92 Å². The minimum Gasteiger partial charge on any atom is -0.263 e. The zero-order valence-electron chi connectivity index (χ0n) is 7.45. The lowest BCUT2D eigenvalue weighted by Gasteiger charge is -2.24. The van der Waals surface area contributed by atoms with Crippen molar-refractivity contribution in [3.63, 3.8) is 0 Å². The molecular formula is C9H15N3. The zero-order valence-corrected chi connectivity index (χ0v) is 7.45. The van der Waals surface area contributed by atoms with E-state index in [4.69, 9.17) is 0 Å². The zero-order chi connectivity index (χ0) is 8.39. The Morgan fingerprint density at radius 3 is 2.67 bits per heavy atom. The van der Waals surface area contributed by atoms with Gasteiger partial charge in [0, 0.05) is 5.92 Å². The molecule has 0 atom stereocenters. The van der Waals surface area contributed by atoms with Crippen LogP contribution in [0.1, 0.15) is 44.3 Å². The van der Waals surface area contributed by atoms with Gasteiger partial charge in [-0.05, 0) is 18.8 Å². The molecule has 0 aromatic carbocycles. The Hall–Kier alpha value is -0.860. The van der Waals surface area contributed by atoms with Gasteiger partial charge in [0.1, 0.15) is 12.2 Å². The third kappa shape index (κ3) is 1.49. The Morgan fingerprint density at radius 1 is 1.33 bits per heavy atom. The lowest BCUT2D eigenvalue weighted by molar-refractivity contribution is 0.340. The number of aromatic nitrogens is 3. The van der Waals surface area contributed by atoms with Crippen LogP contribution in [0.4, 0.5) is 0 Å². The highest BCUT2D eigenvalue weighted by atomic mass is 15.2. The average Bonchev–Trinajstić information content (AvgIpc) is 2.58. The molecule has 12 heavy (non-hydrogen) atoms. The summed E-state index contributed by atoms with van der Waals surface area (Å²) in [6.45, 7) is 2.33. The molecule has 1 saturated carbocycles. The predicted molar refractivity (Wildman–Crippen MR) is 46.8 cm³/mol. The van der Waals surface area contributed by atoms with Gasteiger partial charge < -0.3 is 0 Å². The van der Waals surface area contributed by atoms with E-state index in [2.05, 4.69) is 22.1 Å². The number of rotatable bonds is 1. The first-order chi connectivity index (χ1) is 5.86. The number of aromatic amines is 1. The van der Waals surface area contributed by atoms with Gasteiger partial charge in [-0.3, -0.25) is 5.10 Å². The SMILES string of the molecule is CC1CCC(c2ncn[nH]2)CC1. The Balaban J connectivity index is 1.99. The summed E-state index contributed by atoms with van der Waals surface area (Å²) in [5.41, 5.74) is 0. The molecule has 1 fully saturated rings. The van der Waals surface area contributed by atoms with E-state index in [1.807, 2.05) is 0 Å². The van der Waals surface area contributed by atoms with Gasteiger partial charge in [-0.15, -0.1) is 0 Å². The Morgan fingerprint density at radius 2 is 2.08 bits per heavy atom. The van der Waals surface area contributed by atoms with Crippen LogP contribution in [0.2, 0.25) is 0 Å². The molecule has 1 aliphatic carbocycles. The lowest BCUT2D eigenvalue weighted by Crippen LogP contribution is -2.11. The summed E-state index contributed by atoms with van der Waals surface area (Å²) >= 11 is 0. The molecule has 0 aliphatic heterocycles. The van der Waals surface area contributed by atoms with Crippen LogP contribution in [0.15, 0.2) is 6.33 Å². The molecule has 3 heteroatoms. The van der Waals surface area contributed by atoms with E-state index in [0.717, 1.165) is 11.7 Å². The van der Waals surface area contributed by atoms with Crippen molar-refractivity contribution in [2.45, 2.75) is 38.5 Å². The van der Waals surface area contributed by atoms with Crippen molar-refractivity contribution in [1.82, 2.24) is 15.2 Å². The summed E-state index contributed by atoms with van der Waals surface area (Å²) in [6.07, 6.45) is 6.83. The quantitative estimate of drug-likeness (QED) is 0.692. The maximum absolute atomic E-state index is 4.20. The van der Waals surface area contributed by atoms with Gasteiger partial charge in [-0.1, -0.05) is 19.8 Å².